The Morgan fingerprint density at radius 3 is 1.50 bits per heavy atom. The monoisotopic (exact) mass is 663 g/mol. The van der Waals surface area contributed by atoms with Gasteiger partial charge in [-0.25, -0.2) is 14.4 Å². The maximum absolute atomic E-state index is 13.2. The predicted octanol–water partition coefficient (Wildman–Crippen LogP) is 4.54. The first-order chi connectivity index (χ1) is 22.0. The summed E-state index contributed by atoms with van der Waals surface area (Å²) in [6.07, 6.45) is -4.61. The molecule has 4 aromatic rings. The number of esters is 2. The molecule has 0 fully saturated rings. The zero-order valence-electron chi connectivity index (χ0n) is 23.4. The van der Waals surface area contributed by atoms with E-state index < -0.39 is 41.9 Å². The van der Waals surface area contributed by atoms with Crippen LogP contribution in [0, 0.1) is 0 Å². The molecule has 0 aliphatic heterocycles. The Balaban J connectivity index is 1.47. The number of carboxylic acids is 1. The fourth-order valence-corrected chi connectivity index (χ4v) is 4.04. The van der Waals surface area contributed by atoms with Gasteiger partial charge in [-0.2, -0.15) is 0 Å². The molecule has 0 aliphatic carbocycles. The normalized spacial score (nSPS) is 11.7. The van der Waals surface area contributed by atoms with Crippen LogP contribution in [0.1, 0.15) is 41.4 Å². The lowest BCUT2D eigenvalue weighted by molar-refractivity contribution is -0.159. The molecule has 0 saturated heterocycles. The fourth-order valence-electron chi connectivity index (χ4n) is 3.79. The summed E-state index contributed by atoms with van der Waals surface area (Å²) in [5.41, 5.74) is 4.73. The quantitative estimate of drug-likeness (QED) is 0.140. The van der Waals surface area contributed by atoms with Crippen LogP contribution < -0.4 is 16.2 Å². The van der Waals surface area contributed by atoms with Gasteiger partial charge in [-0.3, -0.25) is 25.2 Å². The minimum absolute atomic E-state index is 0.0386. The Morgan fingerprint density at radius 1 is 0.543 bits per heavy atom. The highest BCUT2D eigenvalue weighted by molar-refractivity contribution is 6.31. The molecule has 2 atom stereocenters. The van der Waals surface area contributed by atoms with Gasteiger partial charge in [-0.1, -0.05) is 41.4 Å². The summed E-state index contributed by atoms with van der Waals surface area (Å²) in [6, 6.07) is 24.6. The molecule has 234 valence electrons. The molecule has 0 heterocycles. The molecule has 4 N–H and O–H groups in total. The van der Waals surface area contributed by atoms with Gasteiger partial charge < -0.3 is 19.9 Å². The SMILES string of the molecule is O=C(NNC(=O)[C@H](OC(=O)c1ccc(Cl)cc1)[C@@H](OC(=O)c1ccc(Cl)cc1)C(=O)O)c1ccc(NC(=O)c2ccccc2)cc1. The van der Waals surface area contributed by atoms with Crippen molar-refractivity contribution < 1.29 is 43.3 Å². The number of nitrogens with one attached hydrogen (secondary N) is 3. The molecule has 0 aromatic heterocycles. The standard InChI is InChI=1S/C32H23Cl2N3O9/c33-22-12-6-20(7-13-22)31(43)45-25(26(30(41)42)46-32(44)21-8-14-23(34)15-9-21)29(40)37-36-28(39)19-10-16-24(17-11-19)35-27(38)18-4-2-1-3-5-18/h1-17,25-26H,(H,35,38)(H,36,39)(H,37,40)(H,41,42)/t25-,26-/m1/s1. The highest BCUT2D eigenvalue weighted by Crippen LogP contribution is 2.17. The third kappa shape index (κ3) is 8.91. The lowest BCUT2D eigenvalue weighted by Crippen LogP contribution is -2.54. The first kappa shape index (κ1) is 33.2. The van der Waals surface area contributed by atoms with Gasteiger partial charge in [0.1, 0.15) is 0 Å². The van der Waals surface area contributed by atoms with Gasteiger partial charge in [0.15, 0.2) is 0 Å². The zero-order chi connectivity index (χ0) is 33.2. The van der Waals surface area contributed by atoms with E-state index in [1.807, 2.05) is 5.43 Å². The molecule has 4 aromatic carbocycles. The van der Waals surface area contributed by atoms with Gasteiger partial charge >= 0.3 is 17.9 Å². The number of ether oxygens (including phenoxy) is 2. The lowest BCUT2D eigenvalue weighted by atomic mass is 10.1. The van der Waals surface area contributed by atoms with Gasteiger partial charge in [0.2, 0.25) is 12.2 Å². The molecule has 12 nitrogen and oxygen atoms in total. The summed E-state index contributed by atoms with van der Waals surface area (Å²) >= 11 is 11.7. The van der Waals surface area contributed by atoms with E-state index in [9.17, 15) is 33.9 Å². The molecule has 0 spiro atoms. The first-order valence-electron chi connectivity index (χ1n) is 13.2. The Labute approximate surface area is 271 Å². The van der Waals surface area contributed by atoms with Crippen molar-refractivity contribution >= 4 is 64.5 Å². The molecule has 4 rings (SSSR count). The van der Waals surface area contributed by atoms with Crippen molar-refractivity contribution in [3.8, 4) is 0 Å². The van der Waals surface area contributed by atoms with Crippen molar-refractivity contribution in [2.24, 2.45) is 0 Å². The van der Waals surface area contributed by atoms with Crippen molar-refractivity contribution in [1.82, 2.24) is 10.9 Å². The second-order valence-electron chi connectivity index (χ2n) is 9.34. The van der Waals surface area contributed by atoms with Crippen LogP contribution in [0.25, 0.3) is 0 Å². The number of benzene rings is 4. The average Bonchev–Trinajstić information content (AvgIpc) is 3.06. The number of hydrazine groups is 1. The van der Waals surface area contributed by atoms with Gasteiger partial charge in [-0.15, -0.1) is 0 Å². The molecule has 0 bridgehead atoms. The van der Waals surface area contributed by atoms with Crippen LogP contribution in [0.15, 0.2) is 103 Å². The molecule has 0 unspecified atom stereocenters. The summed E-state index contributed by atoms with van der Waals surface area (Å²) in [4.78, 5) is 76.0. The minimum Gasteiger partial charge on any atom is -0.478 e. The molecule has 46 heavy (non-hydrogen) atoms. The molecule has 14 heteroatoms. The summed E-state index contributed by atoms with van der Waals surface area (Å²) in [5.74, 6) is -6.68. The lowest BCUT2D eigenvalue weighted by Gasteiger charge is -2.23. The van der Waals surface area contributed by atoms with Gasteiger partial charge in [-0.05, 0) is 84.9 Å². The summed E-state index contributed by atoms with van der Waals surface area (Å²) in [6.45, 7) is 0. The summed E-state index contributed by atoms with van der Waals surface area (Å²) in [5, 5.41) is 13.1. The van der Waals surface area contributed by atoms with Crippen molar-refractivity contribution in [2.75, 3.05) is 5.32 Å². The van der Waals surface area contributed by atoms with Crippen LogP contribution in [-0.4, -0.2) is 52.9 Å². The Morgan fingerprint density at radius 2 is 1.00 bits per heavy atom. The number of hydrogen-bond acceptors (Lipinski definition) is 8. The highest BCUT2D eigenvalue weighted by atomic mass is 35.5. The largest absolute Gasteiger partial charge is 0.478 e. The van der Waals surface area contributed by atoms with Crippen molar-refractivity contribution in [3.63, 3.8) is 0 Å². The van der Waals surface area contributed by atoms with Gasteiger partial charge in [0.05, 0.1) is 11.1 Å². The summed E-state index contributed by atoms with van der Waals surface area (Å²) < 4.78 is 10.2. The van der Waals surface area contributed by atoms with E-state index in [0.717, 1.165) is 0 Å². The van der Waals surface area contributed by atoms with E-state index in [1.54, 1.807) is 30.3 Å². The average molecular weight is 664 g/mol. The predicted molar refractivity (Wildman–Crippen MR) is 165 cm³/mol. The maximum Gasteiger partial charge on any atom is 0.349 e. The third-order valence-corrected chi connectivity index (χ3v) is 6.65. The van der Waals surface area contributed by atoms with E-state index in [-0.39, 0.29) is 22.6 Å². The molecule has 0 radical (unpaired) electrons. The number of carbonyl (C=O) groups excluding carboxylic acids is 5. The second-order valence-corrected chi connectivity index (χ2v) is 10.2. The van der Waals surface area contributed by atoms with Crippen LogP contribution in [0.4, 0.5) is 5.69 Å². The van der Waals surface area contributed by atoms with Crippen LogP contribution in [0.3, 0.4) is 0 Å². The highest BCUT2D eigenvalue weighted by Gasteiger charge is 2.41. The second kappa shape index (κ2) is 15.3. The van der Waals surface area contributed by atoms with Crippen LogP contribution in [-0.2, 0) is 19.1 Å². The fraction of sp³-hybridized carbons (Fsp3) is 0.0625. The molecule has 3 amide bonds. The number of hydrogen-bond donors (Lipinski definition) is 4. The first-order valence-corrected chi connectivity index (χ1v) is 14.0. The third-order valence-electron chi connectivity index (χ3n) is 6.14. The molecular weight excluding hydrogens is 641 g/mol. The summed E-state index contributed by atoms with van der Waals surface area (Å²) in [7, 11) is 0. The van der Waals surface area contributed by atoms with E-state index >= 15 is 0 Å². The number of aliphatic carboxylic acids is 1. The number of halogens is 2. The number of amides is 3. The van der Waals surface area contributed by atoms with E-state index in [1.165, 1.54) is 72.8 Å². The minimum atomic E-state index is -2.34. The zero-order valence-corrected chi connectivity index (χ0v) is 25.0. The van der Waals surface area contributed by atoms with Crippen LogP contribution in [0.5, 0.6) is 0 Å². The van der Waals surface area contributed by atoms with Crippen LogP contribution >= 0.6 is 23.2 Å². The Hall–Kier alpha value is -5.72. The maximum atomic E-state index is 13.2. The van der Waals surface area contributed by atoms with Crippen molar-refractivity contribution in [3.05, 3.63) is 135 Å². The number of rotatable bonds is 10. The number of carboxylic acid groups (broad SMARTS) is 1. The van der Waals surface area contributed by atoms with E-state index in [4.69, 9.17) is 32.7 Å². The van der Waals surface area contributed by atoms with E-state index in [0.29, 0.717) is 21.3 Å². The van der Waals surface area contributed by atoms with Crippen molar-refractivity contribution in [2.45, 2.75) is 12.2 Å². The molecule has 0 aliphatic rings. The smallest absolute Gasteiger partial charge is 0.349 e. The van der Waals surface area contributed by atoms with E-state index in [2.05, 4.69) is 10.7 Å². The van der Waals surface area contributed by atoms with Crippen molar-refractivity contribution in [1.29, 1.82) is 0 Å². The topological polar surface area (TPSA) is 177 Å². The Bertz CT molecular complexity index is 1750. The molecular formula is C32H23Cl2N3O9. The van der Waals surface area contributed by atoms with Crippen LogP contribution in [0.2, 0.25) is 10.0 Å². The van der Waals surface area contributed by atoms with Gasteiger partial charge in [0, 0.05) is 26.9 Å². The van der Waals surface area contributed by atoms with Gasteiger partial charge in [0.25, 0.3) is 17.7 Å². The molecule has 0 saturated carbocycles. The number of carbonyl (C=O) groups is 6. The Kier molecular flexibility index (Phi) is 11.1. The number of anilines is 1.